The van der Waals surface area contributed by atoms with Gasteiger partial charge in [0.15, 0.2) is 0 Å². The molecule has 0 unspecified atom stereocenters. The maximum absolute atomic E-state index is 3.40. The monoisotopic (exact) mass is 360 g/mol. The molecule has 0 saturated heterocycles. The van der Waals surface area contributed by atoms with E-state index in [2.05, 4.69) is 54.2 Å². The van der Waals surface area contributed by atoms with Crippen LogP contribution in [-0.4, -0.2) is 0 Å². The van der Waals surface area contributed by atoms with Crippen molar-refractivity contribution in [2.45, 2.75) is 90.9 Å². The minimum Gasteiger partial charge on any atom is -0.294 e. The van der Waals surface area contributed by atoms with Gasteiger partial charge in [-0.25, -0.2) is 4.41 Å². The molecule has 0 saturated carbocycles. The lowest BCUT2D eigenvalue weighted by Crippen LogP contribution is -2.22. The van der Waals surface area contributed by atoms with Gasteiger partial charge in [0.05, 0.1) is 5.69 Å². The van der Waals surface area contributed by atoms with E-state index in [-0.39, 0.29) is 0 Å². The van der Waals surface area contributed by atoms with E-state index in [4.69, 9.17) is 0 Å². The van der Waals surface area contributed by atoms with Crippen LogP contribution >= 0.6 is 11.9 Å². The normalized spacial score (nSPS) is 13.8. The van der Waals surface area contributed by atoms with E-state index in [9.17, 15) is 0 Å². The topological polar surface area (TPSA) is 15.3 Å². The van der Waals surface area contributed by atoms with Crippen LogP contribution in [0.4, 0.5) is 5.69 Å². The third-order valence-electron chi connectivity index (χ3n) is 4.82. The SMILES string of the molecule is CCCCCCCC1=CNN(c2ccc(CCCCCCC)cc2)S1. The van der Waals surface area contributed by atoms with Gasteiger partial charge in [0.25, 0.3) is 0 Å². The third kappa shape index (κ3) is 7.77. The number of nitrogens with one attached hydrogen (secondary N) is 1. The fourth-order valence-electron chi connectivity index (χ4n) is 3.18. The number of rotatable bonds is 13. The number of benzene rings is 1. The summed E-state index contributed by atoms with van der Waals surface area (Å²) in [6.45, 7) is 4.55. The Hall–Kier alpha value is -1.09. The molecule has 1 aliphatic heterocycles. The molecule has 1 aromatic rings. The van der Waals surface area contributed by atoms with E-state index in [0.29, 0.717) is 0 Å². The second-order valence-corrected chi connectivity index (χ2v) is 8.19. The van der Waals surface area contributed by atoms with Crippen LogP contribution in [-0.2, 0) is 6.42 Å². The van der Waals surface area contributed by atoms with Crippen molar-refractivity contribution in [3.8, 4) is 0 Å². The molecule has 2 nitrogen and oxygen atoms in total. The van der Waals surface area contributed by atoms with Crippen molar-refractivity contribution < 1.29 is 0 Å². The molecule has 0 bridgehead atoms. The molecule has 0 aromatic heterocycles. The minimum atomic E-state index is 1.20. The summed E-state index contributed by atoms with van der Waals surface area (Å²) in [5.41, 5.74) is 6.11. The molecular formula is C22H36N2S. The van der Waals surface area contributed by atoms with Crippen LogP contribution in [0.25, 0.3) is 0 Å². The van der Waals surface area contributed by atoms with Gasteiger partial charge in [-0.15, -0.1) is 0 Å². The third-order valence-corrected chi connectivity index (χ3v) is 5.87. The Morgan fingerprint density at radius 1 is 0.760 bits per heavy atom. The average Bonchev–Trinajstić information content (AvgIpc) is 3.11. The van der Waals surface area contributed by atoms with Gasteiger partial charge in [0.1, 0.15) is 0 Å². The molecule has 0 aliphatic carbocycles. The second kappa shape index (κ2) is 12.3. The van der Waals surface area contributed by atoms with E-state index < -0.39 is 0 Å². The zero-order valence-electron chi connectivity index (χ0n) is 16.2. The predicted molar refractivity (Wildman–Crippen MR) is 114 cm³/mol. The summed E-state index contributed by atoms with van der Waals surface area (Å²) in [4.78, 5) is 1.46. The number of anilines is 1. The lowest BCUT2D eigenvalue weighted by molar-refractivity contribution is 0.632. The smallest absolute Gasteiger partial charge is 0.0704 e. The Morgan fingerprint density at radius 2 is 1.36 bits per heavy atom. The molecule has 3 heteroatoms. The van der Waals surface area contributed by atoms with E-state index in [1.54, 1.807) is 0 Å². The highest BCUT2D eigenvalue weighted by atomic mass is 32.2. The van der Waals surface area contributed by atoms with Crippen molar-refractivity contribution in [1.82, 2.24) is 5.43 Å². The Balaban J connectivity index is 1.65. The predicted octanol–water partition coefficient (Wildman–Crippen LogP) is 7.37. The molecule has 0 radical (unpaired) electrons. The number of hydrogen-bond acceptors (Lipinski definition) is 3. The van der Waals surface area contributed by atoms with Crippen LogP contribution in [0.15, 0.2) is 35.4 Å². The van der Waals surface area contributed by atoms with Gasteiger partial charge in [-0.1, -0.05) is 77.3 Å². The van der Waals surface area contributed by atoms with E-state index in [1.807, 2.05) is 11.9 Å². The molecule has 140 valence electrons. The summed E-state index contributed by atoms with van der Waals surface area (Å²) < 4.78 is 2.19. The largest absolute Gasteiger partial charge is 0.294 e. The van der Waals surface area contributed by atoms with Crippen molar-refractivity contribution in [2.24, 2.45) is 0 Å². The molecule has 0 fully saturated rings. The average molecular weight is 361 g/mol. The molecule has 1 aromatic carbocycles. The Morgan fingerprint density at radius 3 is 2.00 bits per heavy atom. The Labute approximate surface area is 159 Å². The molecule has 0 atom stereocenters. The molecule has 25 heavy (non-hydrogen) atoms. The maximum Gasteiger partial charge on any atom is 0.0704 e. The molecule has 1 aliphatic rings. The zero-order valence-corrected chi connectivity index (χ0v) is 17.0. The van der Waals surface area contributed by atoms with Crippen molar-refractivity contribution in [3.63, 3.8) is 0 Å². The first kappa shape index (κ1) is 20.2. The lowest BCUT2D eigenvalue weighted by Gasteiger charge is -2.17. The van der Waals surface area contributed by atoms with Crippen molar-refractivity contribution in [1.29, 1.82) is 0 Å². The minimum absolute atomic E-state index is 1.20. The fraction of sp³-hybridized carbons (Fsp3) is 0.636. The van der Waals surface area contributed by atoms with Crippen LogP contribution in [0, 0.1) is 0 Å². The van der Waals surface area contributed by atoms with Gasteiger partial charge in [0.2, 0.25) is 0 Å². The number of aryl methyl sites for hydroxylation is 1. The van der Waals surface area contributed by atoms with Crippen LogP contribution in [0.5, 0.6) is 0 Å². The summed E-state index contributed by atoms with van der Waals surface area (Å²) in [6.07, 6.45) is 18.1. The number of nitrogens with zero attached hydrogens (tertiary/aromatic N) is 1. The van der Waals surface area contributed by atoms with Gasteiger partial charge < -0.3 is 0 Å². The van der Waals surface area contributed by atoms with Crippen LogP contribution in [0.2, 0.25) is 0 Å². The van der Waals surface area contributed by atoms with Gasteiger partial charge in [-0.2, -0.15) is 0 Å². The van der Waals surface area contributed by atoms with Gasteiger partial charge in [-0.05, 0) is 43.4 Å². The standard InChI is InChI=1S/C22H36N2S/c1-3-5-7-9-11-13-20-15-17-21(18-16-20)24-23-19-22(25-24)14-12-10-8-6-4-2/h15-19,23H,3-14H2,1-2H3. The first-order valence-electron chi connectivity index (χ1n) is 10.4. The molecule has 2 rings (SSSR count). The molecule has 0 amide bonds. The highest BCUT2D eigenvalue weighted by molar-refractivity contribution is 8.04. The summed E-state index contributed by atoms with van der Waals surface area (Å²) >= 11 is 1.84. The van der Waals surface area contributed by atoms with Crippen molar-refractivity contribution >= 4 is 17.6 Å². The maximum atomic E-state index is 3.40. The zero-order chi connectivity index (χ0) is 17.7. The first-order valence-corrected chi connectivity index (χ1v) is 11.1. The van der Waals surface area contributed by atoms with Crippen LogP contribution in [0.1, 0.15) is 90.0 Å². The summed E-state index contributed by atoms with van der Waals surface area (Å²) in [5, 5.41) is 0. The highest BCUT2D eigenvalue weighted by Crippen LogP contribution is 2.33. The second-order valence-electron chi connectivity index (χ2n) is 7.12. The molecule has 1 heterocycles. The van der Waals surface area contributed by atoms with E-state index >= 15 is 0 Å². The van der Waals surface area contributed by atoms with Crippen LogP contribution < -0.4 is 9.84 Å². The number of hydrazine groups is 1. The summed E-state index contributed by atoms with van der Waals surface area (Å²) in [5.74, 6) is 0. The fourth-order valence-corrected chi connectivity index (χ4v) is 4.09. The summed E-state index contributed by atoms with van der Waals surface area (Å²) in [6, 6.07) is 9.08. The quantitative estimate of drug-likeness (QED) is 0.292. The highest BCUT2D eigenvalue weighted by Gasteiger charge is 2.15. The Bertz CT molecular complexity index is 495. The number of allylic oxidation sites excluding steroid dienone is 1. The van der Waals surface area contributed by atoms with Gasteiger partial charge in [-0.3, -0.25) is 5.43 Å². The van der Waals surface area contributed by atoms with Gasteiger partial charge >= 0.3 is 0 Å². The molecular weight excluding hydrogens is 324 g/mol. The van der Waals surface area contributed by atoms with Crippen molar-refractivity contribution in [3.05, 3.63) is 40.9 Å². The van der Waals surface area contributed by atoms with E-state index in [1.165, 1.54) is 93.2 Å². The molecule has 0 spiro atoms. The summed E-state index contributed by atoms with van der Waals surface area (Å²) in [7, 11) is 0. The first-order chi connectivity index (χ1) is 12.3. The molecule has 1 N–H and O–H groups in total. The number of unbranched alkanes of at least 4 members (excludes halogenated alkanes) is 8. The van der Waals surface area contributed by atoms with E-state index in [0.717, 1.165) is 0 Å². The van der Waals surface area contributed by atoms with Gasteiger partial charge in [0, 0.05) is 23.1 Å². The van der Waals surface area contributed by atoms with Crippen molar-refractivity contribution in [2.75, 3.05) is 4.41 Å². The lowest BCUT2D eigenvalue weighted by atomic mass is 10.1. The number of hydrogen-bond donors (Lipinski definition) is 1. The Kier molecular flexibility index (Phi) is 9.95. The van der Waals surface area contributed by atoms with Crippen LogP contribution in [0.3, 0.4) is 0 Å².